The number of hydrogen-bond donors (Lipinski definition) is 3. The van der Waals surface area contributed by atoms with Crippen LogP contribution in [0.5, 0.6) is 0 Å². The fraction of sp³-hybridized carbons (Fsp3) is 0.150. The topological polar surface area (TPSA) is 104 Å². The molecule has 28 heavy (non-hydrogen) atoms. The van der Waals surface area contributed by atoms with E-state index in [2.05, 4.69) is 42.7 Å². The number of rotatable bonds is 7. The monoisotopic (exact) mass is 375 g/mol. The highest BCUT2D eigenvalue weighted by Crippen LogP contribution is 2.30. The molecule has 1 aliphatic heterocycles. The lowest BCUT2D eigenvalue weighted by molar-refractivity contribution is 0.0966. The third-order valence-corrected chi connectivity index (χ3v) is 4.02. The standard InChI is InChI=1S/C20H21N7O/c1-4-13(3)22-12-16(27-25-5-2)19-14-10-24-20(28)18(14)15(11-23-19)26-17-8-6-7-9-21-17/h4-9,11-12,27H,1,10H2,2-3H3,(H,21,26)(H,24,28)/b16-12-,22-13+,25-5-. The first kappa shape index (κ1) is 19.0. The second-order valence-electron chi connectivity index (χ2n) is 5.91. The Morgan fingerprint density at radius 1 is 1.36 bits per heavy atom. The van der Waals surface area contributed by atoms with Gasteiger partial charge in [0.2, 0.25) is 0 Å². The van der Waals surface area contributed by atoms with Crippen LogP contribution in [0.2, 0.25) is 0 Å². The van der Waals surface area contributed by atoms with E-state index in [4.69, 9.17) is 0 Å². The van der Waals surface area contributed by atoms with Gasteiger partial charge >= 0.3 is 0 Å². The Morgan fingerprint density at radius 3 is 2.93 bits per heavy atom. The molecule has 3 heterocycles. The van der Waals surface area contributed by atoms with Gasteiger partial charge in [-0.05, 0) is 32.1 Å². The number of amides is 1. The van der Waals surface area contributed by atoms with Gasteiger partial charge in [0.25, 0.3) is 5.91 Å². The number of nitrogens with one attached hydrogen (secondary N) is 3. The summed E-state index contributed by atoms with van der Waals surface area (Å²) in [5, 5.41) is 10.1. The normalized spacial score (nSPS) is 14.0. The molecular weight excluding hydrogens is 354 g/mol. The molecule has 1 aliphatic rings. The summed E-state index contributed by atoms with van der Waals surface area (Å²) in [6.07, 6.45) is 8.20. The van der Waals surface area contributed by atoms with E-state index in [9.17, 15) is 4.79 Å². The van der Waals surface area contributed by atoms with Crippen molar-refractivity contribution in [3.63, 3.8) is 0 Å². The Hall–Kier alpha value is -3.81. The van der Waals surface area contributed by atoms with Gasteiger partial charge in [-0.1, -0.05) is 12.6 Å². The number of aliphatic imine (C=N–C) groups is 1. The van der Waals surface area contributed by atoms with E-state index in [1.807, 2.05) is 25.1 Å². The first-order chi connectivity index (χ1) is 13.6. The summed E-state index contributed by atoms with van der Waals surface area (Å²) in [4.78, 5) is 25.6. The zero-order valence-electron chi connectivity index (χ0n) is 15.7. The maximum atomic E-state index is 12.5. The number of fused-ring (bicyclic) bond motifs is 1. The molecule has 0 atom stereocenters. The second-order valence-corrected chi connectivity index (χ2v) is 5.91. The molecule has 0 aliphatic carbocycles. The average Bonchev–Trinajstić information content (AvgIpc) is 3.11. The molecular formula is C20H21N7O. The number of carbonyl (C=O) groups is 1. The van der Waals surface area contributed by atoms with Crippen LogP contribution in [0.25, 0.3) is 5.70 Å². The van der Waals surface area contributed by atoms with Crippen LogP contribution in [-0.2, 0) is 6.54 Å². The van der Waals surface area contributed by atoms with Gasteiger partial charge in [-0.25, -0.2) is 4.98 Å². The zero-order valence-corrected chi connectivity index (χ0v) is 15.7. The number of allylic oxidation sites excluding steroid dienone is 1. The van der Waals surface area contributed by atoms with E-state index >= 15 is 0 Å². The fourth-order valence-corrected chi connectivity index (χ4v) is 2.64. The summed E-state index contributed by atoms with van der Waals surface area (Å²) >= 11 is 0. The van der Waals surface area contributed by atoms with Gasteiger partial charge < -0.3 is 10.6 Å². The molecule has 0 saturated heterocycles. The number of carbonyl (C=O) groups excluding carboxylic acids is 1. The highest BCUT2D eigenvalue weighted by Gasteiger charge is 2.28. The molecule has 142 valence electrons. The number of aromatic nitrogens is 2. The maximum Gasteiger partial charge on any atom is 0.254 e. The minimum absolute atomic E-state index is 0.166. The van der Waals surface area contributed by atoms with E-state index in [1.54, 1.807) is 37.8 Å². The van der Waals surface area contributed by atoms with Crippen molar-refractivity contribution in [1.29, 1.82) is 0 Å². The van der Waals surface area contributed by atoms with Gasteiger partial charge in [-0.3, -0.25) is 20.2 Å². The predicted molar refractivity (Wildman–Crippen MR) is 112 cm³/mol. The van der Waals surface area contributed by atoms with Crippen molar-refractivity contribution in [2.45, 2.75) is 20.4 Å². The number of nitrogens with zero attached hydrogens (tertiary/aromatic N) is 4. The predicted octanol–water partition coefficient (Wildman–Crippen LogP) is 3.00. The molecule has 2 aromatic rings. The molecule has 1 amide bonds. The van der Waals surface area contributed by atoms with E-state index in [1.165, 1.54) is 0 Å². The van der Waals surface area contributed by atoms with Crippen LogP contribution in [0.1, 0.15) is 35.5 Å². The Bertz CT molecular complexity index is 978. The molecule has 2 aromatic heterocycles. The molecule has 0 unspecified atom stereocenters. The summed E-state index contributed by atoms with van der Waals surface area (Å²) in [6, 6.07) is 5.51. The molecule has 0 bridgehead atoms. The van der Waals surface area contributed by atoms with E-state index in [0.717, 1.165) is 11.3 Å². The van der Waals surface area contributed by atoms with Crippen LogP contribution in [0.15, 0.2) is 59.5 Å². The van der Waals surface area contributed by atoms with Crippen LogP contribution < -0.4 is 16.1 Å². The number of pyridine rings is 2. The summed E-state index contributed by atoms with van der Waals surface area (Å²) in [6.45, 7) is 7.70. The Balaban J connectivity index is 2.06. The molecule has 0 saturated carbocycles. The molecule has 8 heteroatoms. The lowest BCUT2D eigenvalue weighted by atomic mass is 10.1. The third-order valence-electron chi connectivity index (χ3n) is 4.02. The molecule has 0 fully saturated rings. The largest absolute Gasteiger partial charge is 0.348 e. The number of hydrogen-bond acceptors (Lipinski definition) is 7. The first-order valence-corrected chi connectivity index (χ1v) is 8.73. The summed E-state index contributed by atoms with van der Waals surface area (Å²) in [5.74, 6) is 0.468. The molecule has 0 aromatic carbocycles. The average molecular weight is 375 g/mol. The van der Waals surface area contributed by atoms with Crippen molar-refractivity contribution in [1.82, 2.24) is 20.7 Å². The minimum Gasteiger partial charge on any atom is -0.348 e. The summed E-state index contributed by atoms with van der Waals surface area (Å²) in [7, 11) is 0. The van der Waals surface area contributed by atoms with E-state index in [0.29, 0.717) is 35.0 Å². The highest BCUT2D eigenvalue weighted by atomic mass is 16.1. The van der Waals surface area contributed by atoms with Gasteiger partial charge in [0.1, 0.15) is 11.5 Å². The van der Waals surface area contributed by atoms with Gasteiger partial charge in [0, 0.05) is 30.2 Å². The van der Waals surface area contributed by atoms with Gasteiger partial charge in [-0.15, -0.1) is 0 Å². The fourth-order valence-electron chi connectivity index (χ4n) is 2.64. The molecule has 0 radical (unpaired) electrons. The number of anilines is 2. The SMILES string of the molecule is C=C/C(C)=N/C=C(\N/N=C\C)c1ncc(Nc2ccccn2)c2c1CNC2=O. The Morgan fingerprint density at radius 2 is 2.21 bits per heavy atom. The van der Waals surface area contributed by atoms with Crippen molar-refractivity contribution >= 4 is 35.0 Å². The third kappa shape index (κ3) is 4.12. The van der Waals surface area contributed by atoms with Crippen LogP contribution in [0, 0.1) is 0 Å². The quantitative estimate of drug-likeness (QED) is 0.510. The van der Waals surface area contributed by atoms with Crippen molar-refractivity contribution in [2.75, 3.05) is 5.32 Å². The Kier molecular flexibility index (Phi) is 5.91. The molecule has 0 spiro atoms. The lowest BCUT2D eigenvalue weighted by Gasteiger charge is -2.13. The minimum atomic E-state index is -0.166. The van der Waals surface area contributed by atoms with E-state index < -0.39 is 0 Å². The second kappa shape index (κ2) is 8.72. The number of hydrazone groups is 1. The van der Waals surface area contributed by atoms with E-state index in [-0.39, 0.29) is 5.91 Å². The van der Waals surface area contributed by atoms with Gasteiger partial charge in [-0.2, -0.15) is 5.10 Å². The first-order valence-electron chi connectivity index (χ1n) is 8.73. The molecule has 3 rings (SSSR count). The van der Waals surface area contributed by atoms with Crippen LogP contribution in [0.3, 0.4) is 0 Å². The Labute approximate surface area is 163 Å². The maximum absolute atomic E-state index is 12.5. The zero-order chi connectivity index (χ0) is 19.9. The van der Waals surface area contributed by atoms with Crippen molar-refractivity contribution in [3.05, 3.63) is 66.3 Å². The van der Waals surface area contributed by atoms with Crippen molar-refractivity contribution < 1.29 is 4.79 Å². The molecule has 3 N–H and O–H groups in total. The molecule has 8 nitrogen and oxygen atoms in total. The van der Waals surface area contributed by atoms with Crippen molar-refractivity contribution in [3.8, 4) is 0 Å². The van der Waals surface area contributed by atoms with Gasteiger partial charge in [0.05, 0.1) is 29.3 Å². The van der Waals surface area contributed by atoms with Crippen molar-refractivity contribution in [2.24, 2.45) is 10.1 Å². The summed E-state index contributed by atoms with van der Waals surface area (Å²) in [5.41, 5.74) is 6.76. The summed E-state index contributed by atoms with van der Waals surface area (Å²) < 4.78 is 0. The van der Waals surface area contributed by atoms with Crippen LogP contribution in [0.4, 0.5) is 11.5 Å². The highest BCUT2D eigenvalue weighted by molar-refractivity contribution is 6.05. The van der Waals surface area contributed by atoms with Crippen LogP contribution >= 0.6 is 0 Å². The van der Waals surface area contributed by atoms with Crippen LogP contribution in [-0.4, -0.2) is 27.8 Å². The van der Waals surface area contributed by atoms with Gasteiger partial charge in [0.15, 0.2) is 0 Å². The lowest BCUT2D eigenvalue weighted by Crippen LogP contribution is -2.13. The smallest absolute Gasteiger partial charge is 0.254 e.